The minimum atomic E-state index is 0. The summed E-state index contributed by atoms with van der Waals surface area (Å²) in [6, 6.07) is 10.0. The van der Waals surface area contributed by atoms with Crippen molar-refractivity contribution < 1.29 is 0 Å². The molecule has 2 aliphatic rings. The van der Waals surface area contributed by atoms with Crippen LogP contribution in [0, 0.1) is 5.92 Å². The van der Waals surface area contributed by atoms with Crippen molar-refractivity contribution in [1.82, 2.24) is 15.1 Å². The zero-order valence-electron chi connectivity index (χ0n) is 17.6. The topological polar surface area (TPSA) is 18.5 Å². The van der Waals surface area contributed by atoms with Crippen LogP contribution in [0.1, 0.15) is 30.7 Å². The van der Waals surface area contributed by atoms with Gasteiger partial charge in [0.1, 0.15) is 0 Å². The summed E-state index contributed by atoms with van der Waals surface area (Å²) in [4.78, 5) is 5.27. The molecule has 0 amide bonds. The van der Waals surface area contributed by atoms with Crippen LogP contribution in [0.25, 0.3) is 0 Å². The van der Waals surface area contributed by atoms with Crippen LogP contribution >= 0.6 is 74.1 Å². The fraction of sp³-hybridized carbons (Fsp3) is 0.714. The molecule has 1 aromatic carbocycles. The highest BCUT2D eigenvalue weighted by Gasteiger charge is 2.46. The summed E-state index contributed by atoms with van der Waals surface area (Å²) in [6.07, 6.45) is 3.95. The zero-order chi connectivity index (χ0) is 19.2. The van der Waals surface area contributed by atoms with Crippen LogP contribution in [-0.2, 0) is 0 Å². The maximum absolute atomic E-state index is 6.15. The number of rotatable bonds is 10. The van der Waals surface area contributed by atoms with E-state index in [4.69, 9.17) is 11.6 Å². The minimum Gasteiger partial charge on any atom is -0.315 e. The van der Waals surface area contributed by atoms with Crippen molar-refractivity contribution in [3.63, 3.8) is 0 Å². The van der Waals surface area contributed by atoms with Crippen molar-refractivity contribution >= 4 is 74.1 Å². The van der Waals surface area contributed by atoms with Gasteiger partial charge in [-0.25, -0.2) is 0 Å². The second-order valence-corrected chi connectivity index (χ2v) is 9.35. The summed E-state index contributed by atoms with van der Waals surface area (Å²) in [7, 11) is 2.34. The Balaban J connectivity index is 0.00000280. The summed E-state index contributed by atoms with van der Waals surface area (Å²) in [5.41, 5.74) is 1.47. The van der Waals surface area contributed by atoms with Crippen molar-refractivity contribution in [3.05, 3.63) is 34.9 Å². The number of nitrogens with zero attached hydrogens (tertiary/aromatic N) is 2. The first-order chi connectivity index (χ1) is 13.1. The van der Waals surface area contributed by atoms with Crippen LogP contribution in [0.5, 0.6) is 0 Å². The first-order valence-corrected chi connectivity index (χ1v) is 11.9. The summed E-state index contributed by atoms with van der Waals surface area (Å²) in [5, 5.41) is 4.32. The first-order valence-electron chi connectivity index (χ1n) is 10.3. The van der Waals surface area contributed by atoms with E-state index >= 15 is 0 Å². The van der Waals surface area contributed by atoms with Crippen LogP contribution in [-0.4, -0.2) is 73.2 Å². The van der Waals surface area contributed by atoms with Gasteiger partial charge >= 0.3 is 0 Å². The molecule has 2 saturated heterocycles. The first kappa shape index (κ1) is 31.0. The standard InChI is InChI=1S/C21H34ClN3S2.3ClH/c1-24-18-6-7-21(24)20(15-25(11-13-27)10-8-23-9-12-26)19(14-18)16-2-4-17(22)5-3-16;;;/h2-5,18-21,23,26-27H,6-15H2,1H3;3*1H/t18?,19?,20?,21-;;;/m1.../s1. The molecule has 4 atom stereocenters. The number of halogens is 4. The predicted molar refractivity (Wildman–Crippen MR) is 146 cm³/mol. The van der Waals surface area contributed by atoms with Crippen molar-refractivity contribution in [2.45, 2.75) is 37.3 Å². The molecule has 1 aromatic rings. The van der Waals surface area contributed by atoms with E-state index in [-0.39, 0.29) is 37.2 Å². The van der Waals surface area contributed by atoms with Gasteiger partial charge in [0.25, 0.3) is 0 Å². The maximum atomic E-state index is 6.15. The fourth-order valence-corrected chi connectivity index (χ4v) is 5.66. The van der Waals surface area contributed by atoms with Crippen LogP contribution < -0.4 is 5.32 Å². The molecule has 176 valence electrons. The minimum absolute atomic E-state index is 0. The lowest BCUT2D eigenvalue weighted by atomic mass is 9.76. The summed E-state index contributed by atoms with van der Waals surface area (Å²) < 4.78 is 0. The third-order valence-electron chi connectivity index (χ3n) is 6.51. The number of benzene rings is 1. The molecular formula is C21H37Cl4N3S2. The Labute approximate surface area is 217 Å². The van der Waals surface area contributed by atoms with Crippen LogP contribution in [0.3, 0.4) is 0 Å². The summed E-state index contributed by atoms with van der Waals surface area (Å²) in [6.45, 7) is 5.28. The van der Waals surface area contributed by atoms with Crippen LogP contribution in [0.15, 0.2) is 24.3 Å². The highest BCUT2D eigenvalue weighted by Crippen LogP contribution is 2.46. The summed E-state index contributed by atoms with van der Waals surface area (Å²) >= 11 is 15.0. The van der Waals surface area contributed by atoms with Gasteiger partial charge in [-0.2, -0.15) is 25.3 Å². The van der Waals surface area contributed by atoms with E-state index in [0.29, 0.717) is 17.9 Å². The Morgan fingerprint density at radius 2 is 1.73 bits per heavy atom. The van der Waals surface area contributed by atoms with E-state index in [2.05, 4.69) is 71.7 Å². The lowest BCUT2D eigenvalue weighted by molar-refractivity contribution is 0.0728. The number of hydrogen-bond donors (Lipinski definition) is 3. The van der Waals surface area contributed by atoms with Gasteiger partial charge in [-0.3, -0.25) is 0 Å². The molecular weight excluding hydrogens is 500 g/mol. The molecule has 2 bridgehead atoms. The number of piperidine rings is 1. The van der Waals surface area contributed by atoms with Gasteiger partial charge in [0.2, 0.25) is 0 Å². The highest BCUT2D eigenvalue weighted by molar-refractivity contribution is 7.80. The highest BCUT2D eigenvalue weighted by atomic mass is 35.5. The van der Waals surface area contributed by atoms with E-state index in [1.807, 2.05) is 0 Å². The molecule has 3 nitrogen and oxygen atoms in total. The van der Waals surface area contributed by atoms with E-state index in [0.717, 1.165) is 55.3 Å². The predicted octanol–water partition coefficient (Wildman–Crippen LogP) is 4.92. The van der Waals surface area contributed by atoms with Gasteiger partial charge in [-0.1, -0.05) is 23.7 Å². The van der Waals surface area contributed by atoms with Gasteiger partial charge in [0, 0.05) is 61.3 Å². The van der Waals surface area contributed by atoms with Crippen molar-refractivity contribution in [2.24, 2.45) is 5.92 Å². The normalized spacial score (nSPS) is 25.4. The lowest BCUT2D eigenvalue weighted by Gasteiger charge is -2.45. The molecule has 2 heterocycles. The zero-order valence-corrected chi connectivity index (χ0v) is 22.6. The number of thiol groups is 2. The molecule has 0 spiro atoms. The second kappa shape index (κ2) is 15.7. The van der Waals surface area contributed by atoms with E-state index in [9.17, 15) is 0 Å². The number of nitrogens with one attached hydrogen (secondary N) is 1. The Hall–Kier alpha value is 0.960. The fourth-order valence-electron chi connectivity index (χ4n) is 5.09. The van der Waals surface area contributed by atoms with E-state index < -0.39 is 0 Å². The second-order valence-electron chi connectivity index (χ2n) is 8.02. The Kier molecular flexibility index (Phi) is 16.2. The molecule has 2 aliphatic heterocycles. The van der Waals surface area contributed by atoms with Crippen molar-refractivity contribution in [3.8, 4) is 0 Å². The third-order valence-corrected chi connectivity index (χ3v) is 7.18. The van der Waals surface area contributed by atoms with Gasteiger partial charge in [0.05, 0.1) is 0 Å². The number of fused-ring (bicyclic) bond motifs is 2. The van der Waals surface area contributed by atoms with Crippen LogP contribution in [0.2, 0.25) is 5.02 Å². The van der Waals surface area contributed by atoms with Gasteiger partial charge in [-0.05, 0) is 55.8 Å². The Morgan fingerprint density at radius 1 is 1.03 bits per heavy atom. The van der Waals surface area contributed by atoms with Crippen molar-refractivity contribution in [1.29, 1.82) is 0 Å². The van der Waals surface area contributed by atoms with Gasteiger partial charge < -0.3 is 15.1 Å². The van der Waals surface area contributed by atoms with Crippen LogP contribution in [0.4, 0.5) is 0 Å². The molecule has 0 radical (unpaired) electrons. The molecule has 3 unspecified atom stereocenters. The molecule has 2 fully saturated rings. The SMILES string of the molecule is CN1C2CC[C@@H]1C(CN(CCS)CCNCCS)C(c1ccc(Cl)cc1)C2.Cl.Cl.Cl. The smallest absolute Gasteiger partial charge is 0.0406 e. The molecule has 0 aromatic heterocycles. The molecule has 0 saturated carbocycles. The van der Waals surface area contributed by atoms with E-state index in [1.165, 1.54) is 24.8 Å². The quantitative estimate of drug-likeness (QED) is 0.291. The average Bonchev–Trinajstić information content (AvgIpc) is 2.91. The molecule has 9 heteroatoms. The average molecular weight is 537 g/mol. The Bertz CT molecular complexity index is 582. The largest absolute Gasteiger partial charge is 0.315 e. The molecule has 0 aliphatic carbocycles. The third kappa shape index (κ3) is 8.07. The summed E-state index contributed by atoms with van der Waals surface area (Å²) in [5.74, 6) is 3.10. The molecule has 1 N–H and O–H groups in total. The molecule has 30 heavy (non-hydrogen) atoms. The maximum Gasteiger partial charge on any atom is 0.0406 e. The number of hydrogen-bond acceptors (Lipinski definition) is 5. The Morgan fingerprint density at radius 3 is 2.37 bits per heavy atom. The lowest BCUT2D eigenvalue weighted by Crippen LogP contribution is -2.50. The monoisotopic (exact) mass is 535 g/mol. The van der Waals surface area contributed by atoms with E-state index in [1.54, 1.807) is 0 Å². The van der Waals surface area contributed by atoms with Crippen molar-refractivity contribution in [2.75, 3.05) is 51.3 Å². The van der Waals surface area contributed by atoms with Gasteiger partial charge in [0.15, 0.2) is 0 Å². The van der Waals surface area contributed by atoms with Gasteiger partial charge in [-0.15, -0.1) is 37.2 Å². The molecule has 3 rings (SSSR count).